The molecule has 1 atom stereocenters. The molecule has 3 rings (SSSR count). The fourth-order valence-electron chi connectivity index (χ4n) is 3.34. The van der Waals surface area contributed by atoms with E-state index in [9.17, 15) is 9.59 Å². The Hall–Kier alpha value is -3.16. The first-order valence-electron chi connectivity index (χ1n) is 9.76. The van der Waals surface area contributed by atoms with Gasteiger partial charge >= 0.3 is 12.1 Å². The number of nitrogens with zero attached hydrogens (tertiary/aromatic N) is 3. The van der Waals surface area contributed by atoms with E-state index >= 15 is 0 Å². The van der Waals surface area contributed by atoms with E-state index in [0.29, 0.717) is 31.9 Å². The fourth-order valence-corrected chi connectivity index (χ4v) is 3.34. The van der Waals surface area contributed by atoms with Crippen molar-refractivity contribution in [3.05, 3.63) is 42.7 Å². The van der Waals surface area contributed by atoms with Gasteiger partial charge in [0.05, 0.1) is 0 Å². The lowest BCUT2D eigenvalue weighted by Gasteiger charge is -2.34. The minimum absolute atomic E-state index is 0.0773. The summed E-state index contributed by atoms with van der Waals surface area (Å²) >= 11 is 0. The number of ether oxygens (including phenoxy) is 1. The Labute approximate surface area is 169 Å². The van der Waals surface area contributed by atoms with Gasteiger partial charge in [0, 0.05) is 43.9 Å². The van der Waals surface area contributed by atoms with Gasteiger partial charge in [0.15, 0.2) is 0 Å². The number of benzene rings is 1. The van der Waals surface area contributed by atoms with Gasteiger partial charge in [-0.15, -0.1) is 0 Å². The van der Waals surface area contributed by atoms with Crippen molar-refractivity contribution in [3.63, 3.8) is 0 Å². The van der Waals surface area contributed by atoms with E-state index in [0.717, 1.165) is 11.1 Å². The number of aromatic nitrogens is 2. The highest BCUT2D eigenvalue weighted by molar-refractivity contribution is 5.85. The third-order valence-corrected chi connectivity index (χ3v) is 4.97. The Kier molecular flexibility index (Phi) is 6.64. The zero-order valence-corrected chi connectivity index (χ0v) is 16.6. The van der Waals surface area contributed by atoms with Gasteiger partial charge in [-0.05, 0) is 11.5 Å². The Morgan fingerprint density at radius 2 is 1.72 bits per heavy atom. The monoisotopic (exact) mass is 398 g/mol. The first kappa shape index (κ1) is 20.6. The van der Waals surface area contributed by atoms with Crippen molar-refractivity contribution in [2.45, 2.75) is 38.8 Å². The second kappa shape index (κ2) is 9.36. The van der Waals surface area contributed by atoms with Crippen LogP contribution in [-0.4, -0.2) is 57.2 Å². The highest BCUT2D eigenvalue weighted by Gasteiger charge is 2.31. The molecule has 2 amide bonds. The Morgan fingerprint density at radius 1 is 1.10 bits per heavy atom. The number of nitrogens with one attached hydrogen (secondary N) is 1. The maximum atomic E-state index is 12.6. The normalized spacial score (nSPS) is 15.8. The molecule has 1 aromatic heterocycles. The quantitative estimate of drug-likeness (QED) is 0.775. The first-order chi connectivity index (χ1) is 13.9. The molecule has 1 aliphatic heterocycles. The largest absolute Gasteiger partial charge is 0.465 e. The van der Waals surface area contributed by atoms with Crippen LogP contribution in [0.1, 0.15) is 26.7 Å². The van der Waals surface area contributed by atoms with Crippen LogP contribution >= 0.6 is 0 Å². The lowest BCUT2D eigenvalue weighted by atomic mass is 10.0. The van der Waals surface area contributed by atoms with Crippen LogP contribution in [0.4, 0.5) is 4.79 Å². The lowest BCUT2D eigenvalue weighted by molar-refractivity contribution is -0.136. The van der Waals surface area contributed by atoms with Crippen LogP contribution in [0.25, 0.3) is 11.1 Å². The molecule has 1 aliphatic rings. The number of amides is 2. The van der Waals surface area contributed by atoms with Crippen LogP contribution in [0.3, 0.4) is 0 Å². The summed E-state index contributed by atoms with van der Waals surface area (Å²) < 4.78 is 5.88. The first-order valence-corrected chi connectivity index (χ1v) is 9.76. The zero-order chi connectivity index (χ0) is 20.8. The van der Waals surface area contributed by atoms with Crippen LogP contribution < -0.4 is 10.1 Å². The number of carbonyl (C=O) groups is 2. The summed E-state index contributed by atoms with van der Waals surface area (Å²) in [6.07, 6.45) is 3.50. The molecule has 0 bridgehead atoms. The molecule has 0 radical (unpaired) electrons. The number of likely N-dealkylation sites (tertiary alicyclic amines) is 1. The molecular weight excluding hydrogens is 372 g/mol. The molecule has 8 nitrogen and oxygen atoms in total. The highest BCUT2D eigenvalue weighted by Crippen LogP contribution is 2.21. The molecule has 2 aromatic rings. The Morgan fingerprint density at radius 3 is 2.28 bits per heavy atom. The maximum absolute atomic E-state index is 12.6. The van der Waals surface area contributed by atoms with E-state index in [1.165, 1.54) is 0 Å². The van der Waals surface area contributed by atoms with Gasteiger partial charge in [-0.25, -0.2) is 14.8 Å². The predicted octanol–water partition coefficient (Wildman–Crippen LogP) is 2.81. The van der Waals surface area contributed by atoms with Gasteiger partial charge in [0.1, 0.15) is 12.1 Å². The van der Waals surface area contributed by atoms with Crippen molar-refractivity contribution in [1.29, 1.82) is 0 Å². The molecule has 2 N–H and O–H groups in total. The minimum atomic E-state index is -1.19. The molecule has 154 valence electrons. The Bertz CT molecular complexity index is 818. The summed E-state index contributed by atoms with van der Waals surface area (Å²) in [6, 6.07) is 9.46. The third kappa shape index (κ3) is 5.43. The number of hydrogen-bond donors (Lipinski definition) is 2. The van der Waals surface area contributed by atoms with E-state index in [4.69, 9.17) is 9.84 Å². The summed E-state index contributed by atoms with van der Waals surface area (Å²) in [4.78, 5) is 33.9. The van der Waals surface area contributed by atoms with Crippen molar-refractivity contribution in [2.24, 2.45) is 5.92 Å². The summed E-state index contributed by atoms with van der Waals surface area (Å²) in [5.74, 6) is -0.312. The van der Waals surface area contributed by atoms with Gasteiger partial charge < -0.3 is 20.1 Å². The van der Waals surface area contributed by atoms with Crippen molar-refractivity contribution >= 4 is 12.0 Å². The number of hydrogen-bond acceptors (Lipinski definition) is 5. The number of rotatable bonds is 6. The van der Waals surface area contributed by atoms with Crippen molar-refractivity contribution in [2.75, 3.05) is 13.1 Å². The molecule has 0 aliphatic carbocycles. The number of piperidine rings is 1. The Balaban J connectivity index is 1.53. The summed E-state index contributed by atoms with van der Waals surface area (Å²) in [5, 5.41) is 11.3. The lowest BCUT2D eigenvalue weighted by Crippen LogP contribution is -2.53. The van der Waals surface area contributed by atoms with Gasteiger partial charge in [0.25, 0.3) is 0 Å². The summed E-state index contributed by atoms with van der Waals surface area (Å²) in [6.45, 7) is 4.67. The summed E-state index contributed by atoms with van der Waals surface area (Å²) in [5.41, 5.74) is 1.96. The van der Waals surface area contributed by atoms with E-state index in [2.05, 4.69) is 15.3 Å². The van der Waals surface area contributed by atoms with Crippen molar-refractivity contribution < 1.29 is 19.4 Å². The molecule has 0 unspecified atom stereocenters. The van der Waals surface area contributed by atoms with Gasteiger partial charge in [0.2, 0.25) is 5.91 Å². The maximum Gasteiger partial charge on any atom is 0.405 e. The van der Waals surface area contributed by atoms with Crippen LogP contribution in [0, 0.1) is 5.92 Å². The molecule has 8 heteroatoms. The molecule has 0 saturated carbocycles. The molecule has 1 fully saturated rings. The van der Waals surface area contributed by atoms with Crippen LogP contribution in [-0.2, 0) is 4.79 Å². The topological polar surface area (TPSA) is 105 Å². The second-order valence-electron chi connectivity index (χ2n) is 7.43. The van der Waals surface area contributed by atoms with E-state index in [1.807, 2.05) is 44.2 Å². The van der Waals surface area contributed by atoms with Gasteiger partial charge in [-0.3, -0.25) is 4.79 Å². The van der Waals surface area contributed by atoms with Gasteiger partial charge in [-0.1, -0.05) is 44.2 Å². The SMILES string of the molecule is CC(C)[C@H](NC(=O)O)C(=O)N1CCC(Oc2ncc(-c3ccccc3)cn2)CC1. The molecule has 0 spiro atoms. The second-order valence-corrected chi connectivity index (χ2v) is 7.43. The van der Waals surface area contributed by atoms with E-state index in [1.54, 1.807) is 17.3 Å². The predicted molar refractivity (Wildman–Crippen MR) is 107 cm³/mol. The standard InChI is InChI=1S/C21H26N4O4/c1-14(2)18(24-21(27)28)19(26)25-10-8-17(9-11-25)29-20-22-12-16(13-23-20)15-6-4-3-5-7-15/h3-7,12-14,17-18,24H,8-11H2,1-2H3,(H,27,28)/t18-/m0/s1. The van der Waals surface area contributed by atoms with Crippen LogP contribution in [0.15, 0.2) is 42.7 Å². The van der Waals surface area contributed by atoms with Crippen LogP contribution in [0.5, 0.6) is 6.01 Å². The molecule has 2 heterocycles. The molecule has 29 heavy (non-hydrogen) atoms. The van der Waals surface area contributed by atoms with E-state index in [-0.39, 0.29) is 17.9 Å². The number of carboxylic acid groups (broad SMARTS) is 1. The third-order valence-electron chi connectivity index (χ3n) is 4.97. The molecule has 1 saturated heterocycles. The highest BCUT2D eigenvalue weighted by atomic mass is 16.5. The average Bonchev–Trinajstić information content (AvgIpc) is 2.73. The average molecular weight is 398 g/mol. The minimum Gasteiger partial charge on any atom is -0.465 e. The van der Waals surface area contributed by atoms with Crippen LogP contribution in [0.2, 0.25) is 0 Å². The smallest absolute Gasteiger partial charge is 0.405 e. The fraction of sp³-hybridized carbons (Fsp3) is 0.429. The van der Waals surface area contributed by atoms with Crippen molar-refractivity contribution in [1.82, 2.24) is 20.2 Å². The molecular formula is C21H26N4O4. The number of carbonyl (C=O) groups excluding carboxylic acids is 1. The van der Waals surface area contributed by atoms with Crippen molar-refractivity contribution in [3.8, 4) is 17.1 Å². The zero-order valence-electron chi connectivity index (χ0n) is 16.6. The summed E-state index contributed by atoms with van der Waals surface area (Å²) in [7, 11) is 0. The van der Waals surface area contributed by atoms with E-state index < -0.39 is 12.1 Å². The molecule has 1 aromatic carbocycles. The van der Waals surface area contributed by atoms with Gasteiger partial charge in [-0.2, -0.15) is 0 Å².